The van der Waals surface area contributed by atoms with Crippen LogP contribution in [0.15, 0.2) is 41.2 Å². The SMILES string of the molecule is COc1cccc2c1nc(CCCl)n2Cc1ccoc1. The summed E-state index contributed by atoms with van der Waals surface area (Å²) in [7, 11) is 1.66. The quantitative estimate of drug-likeness (QED) is 0.676. The zero-order valence-corrected chi connectivity index (χ0v) is 11.9. The maximum absolute atomic E-state index is 5.89. The van der Waals surface area contributed by atoms with Gasteiger partial charge in [-0.15, -0.1) is 11.6 Å². The molecule has 0 spiro atoms. The predicted octanol–water partition coefficient (Wildman–Crippen LogP) is 3.47. The number of halogens is 1. The maximum atomic E-state index is 5.89. The highest BCUT2D eigenvalue weighted by molar-refractivity contribution is 6.17. The molecule has 0 amide bonds. The van der Waals surface area contributed by atoms with E-state index in [-0.39, 0.29) is 0 Å². The highest BCUT2D eigenvalue weighted by atomic mass is 35.5. The Hall–Kier alpha value is -1.94. The summed E-state index contributed by atoms with van der Waals surface area (Å²) < 4.78 is 12.7. The lowest BCUT2D eigenvalue weighted by molar-refractivity contribution is 0.419. The Balaban J connectivity index is 2.13. The van der Waals surface area contributed by atoms with E-state index >= 15 is 0 Å². The number of aromatic nitrogens is 2. The number of nitrogens with zero attached hydrogens (tertiary/aromatic N) is 2. The van der Waals surface area contributed by atoms with Crippen molar-refractivity contribution in [2.45, 2.75) is 13.0 Å². The van der Waals surface area contributed by atoms with Crippen molar-refractivity contribution in [3.63, 3.8) is 0 Å². The lowest BCUT2D eigenvalue weighted by Gasteiger charge is -2.07. The molecule has 1 aromatic carbocycles. The summed E-state index contributed by atoms with van der Waals surface area (Å²) in [5, 5.41) is 0. The Labute approximate surface area is 121 Å². The second kappa shape index (κ2) is 5.59. The van der Waals surface area contributed by atoms with Gasteiger partial charge in [-0.05, 0) is 18.2 Å². The molecule has 5 heteroatoms. The Morgan fingerprint density at radius 1 is 1.35 bits per heavy atom. The van der Waals surface area contributed by atoms with Gasteiger partial charge in [0.2, 0.25) is 0 Å². The molecule has 3 rings (SSSR count). The lowest BCUT2D eigenvalue weighted by atomic mass is 10.2. The fraction of sp³-hybridized carbons (Fsp3) is 0.267. The van der Waals surface area contributed by atoms with Gasteiger partial charge < -0.3 is 13.7 Å². The minimum absolute atomic E-state index is 0.539. The number of benzene rings is 1. The molecule has 2 heterocycles. The molecule has 20 heavy (non-hydrogen) atoms. The van der Waals surface area contributed by atoms with Gasteiger partial charge in [0.25, 0.3) is 0 Å². The highest BCUT2D eigenvalue weighted by Gasteiger charge is 2.14. The van der Waals surface area contributed by atoms with E-state index in [9.17, 15) is 0 Å². The number of ether oxygens (including phenoxy) is 1. The fourth-order valence-corrected chi connectivity index (χ4v) is 2.52. The summed E-state index contributed by atoms with van der Waals surface area (Å²) in [5.74, 6) is 2.28. The molecule has 0 aliphatic heterocycles. The molecule has 0 aliphatic rings. The molecule has 104 valence electrons. The number of rotatable bonds is 5. The molecule has 0 radical (unpaired) electrons. The van der Waals surface area contributed by atoms with Gasteiger partial charge >= 0.3 is 0 Å². The van der Waals surface area contributed by atoms with Crippen LogP contribution in [0.5, 0.6) is 5.75 Å². The first kappa shape index (κ1) is 13.1. The standard InChI is InChI=1S/C15H15ClN2O2/c1-19-13-4-2-3-12-15(13)17-14(5-7-16)18(12)9-11-6-8-20-10-11/h2-4,6,8,10H,5,7,9H2,1H3. The van der Waals surface area contributed by atoms with Crippen molar-refractivity contribution in [2.24, 2.45) is 0 Å². The van der Waals surface area contributed by atoms with E-state index < -0.39 is 0 Å². The number of furan rings is 1. The first-order chi connectivity index (χ1) is 9.83. The third kappa shape index (κ3) is 2.27. The van der Waals surface area contributed by atoms with Crippen LogP contribution in [-0.4, -0.2) is 22.5 Å². The second-order valence-corrected chi connectivity index (χ2v) is 4.89. The van der Waals surface area contributed by atoms with Crippen LogP contribution in [0.4, 0.5) is 0 Å². The van der Waals surface area contributed by atoms with Gasteiger partial charge in [-0.25, -0.2) is 4.98 Å². The molecule has 4 nitrogen and oxygen atoms in total. The summed E-state index contributed by atoms with van der Waals surface area (Å²) in [6, 6.07) is 7.89. The average molecular weight is 291 g/mol. The summed E-state index contributed by atoms with van der Waals surface area (Å²) in [6.45, 7) is 0.715. The number of hydrogen-bond acceptors (Lipinski definition) is 3. The van der Waals surface area contributed by atoms with E-state index in [0.717, 1.165) is 34.6 Å². The molecule has 2 aromatic heterocycles. The molecule has 0 saturated heterocycles. The first-order valence-corrected chi connectivity index (χ1v) is 6.96. The number of fused-ring (bicyclic) bond motifs is 1. The third-order valence-corrected chi connectivity index (χ3v) is 3.47. The Morgan fingerprint density at radius 2 is 2.25 bits per heavy atom. The van der Waals surface area contributed by atoms with Crippen molar-refractivity contribution in [1.82, 2.24) is 9.55 Å². The zero-order valence-electron chi connectivity index (χ0n) is 11.2. The molecular formula is C15H15ClN2O2. The minimum Gasteiger partial charge on any atom is -0.494 e. The maximum Gasteiger partial charge on any atom is 0.146 e. The normalized spacial score (nSPS) is 11.1. The predicted molar refractivity (Wildman–Crippen MR) is 78.5 cm³/mol. The van der Waals surface area contributed by atoms with Crippen molar-refractivity contribution >= 4 is 22.6 Å². The van der Waals surface area contributed by atoms with Gasteiger partial charge in [0.15, 0.2) is 0 Å². The van der Waals surface area contributed by atoms with Gasteiger partial charge in [0.05, 0.1) is 31.7 Å². The highest BCUT2D eigenvalue weighted by Crippen LogP contribution is 2.27. The van der Waals surface area contributed by atoms with Crippen molar-refractivity contribution < 1.29 is 9.15 Å². The largest absolute Gasteiger partial charge is 0.494 e. The first-order valence-electron chi connectivity index (χ1n) is 6.42. The second-order valence-electron chi connectivity index (χ2n) is 4.51. The van der Waals surface area contributed by atoms with E-state index in [0.29, 0.717) is 12.4 Å². The molecule has 0 saturated carbocycles. The van der Waals surface area contributed by atoms with Crippen molar-refractivity contribution in [3.8, 4) is 5.75 Å². The number of alkyl halides is 1. The van der Waals surface area contributed by atoms with Gasteiger partial charge in [0.1, 0.15) is 17.1 Å². The summed E-state index contributed by atoms with van der Waals surface area (Å²) >= 11 is 5.89. The zero-order chi connectivity index (χ0) is 13.9. The number of imidazole rings is 1. The smallest absolute Gasteiger partial charge is 0.146 e. The van der Waals surface area contributed by atoms with E-state index in [1.54, 1.807) is 19.6 Å². The molecule has 0 unspecified atom stereocenters. The van der Waals surface area contributed by atoms with E-state index in [1.807, 2.05) is 24.3 Å². The summed E-state index contributed by atoms with van der Waals surface area (Å²) in [5.41, 5.74) is 3.02. The van der Waals surface area contributed by atoms with Gasteiger partial charge in [-0.1, -0.05) is 6.07 Å². The number of hydrogen-bond donors (Lipinski definition) is 0. The Kier molecular flexibility index (Phi) is 3.65. The van der Waals surface area contributed by atoms with Gasteiger partial charge in [-0.2, -0.15) is 0 Å². The molecule has 0 aliphatic carbocycles. The van der Waals surface area contributed by atoms with Crippen LogP contribution in [0.3, 0.4) is 0 Å². The molecule has 0 fully saturated rings. The van der Waals surface area contributed by atoms with Crippen molar-refractivity contribution in [2.75, 3.05) is 13.0 Å². The molecular weight excluding hydrogens is 276 g/mol. The van der Waals surface area contributed by atoms with Crippen LogP contribution in [0, 0.1) is 0 Å². The van der Waals surface area contributed by atoms with Gasteiger partial charge in [0, 0.05) is 17.9 Å². The van der Waals surface area contributed by atoms with E-state index in [4.69, 9.17) is 20.8 Å². The fourth-order valence-electron chi connectivity index (χ4n) is 2.35. The van der Waals surface area contributed by atoms with Crippen LogP contribution in [-0.2, 0) is 13.0 Å². The van der Waals surface area contributed by atoms with Crippen LogP contribution in [0.1, 0.15) is 11.4 Å². The van der Waals surface area contributed by atoms with Gasteiger partial charge in [-0.3, -0.25) is 0 Å². The lowest BCUT2D eigenvalue weighted by Crippen LogP contribution is -2.05. The molecule has 0 N–H and O–H groups in total. The number of para-hydroxylation sites is 1. The number of methoxy groups -OCH3 is 1. The third-order valence-electron chi connectivity index (χ3n) is 3.28. The van der Waals surface area contributed by atoms with Crippen LogP contribution < -0.4 is 4.74 Å². The van der Waals surface area contributed by atoms with Crippen molar-refractivity contribution in [3.05, 3.63) is 48.2 Å². The van der Waals surface area contributed by atoms with Crippen LogP contribution in [0.25, 0.3) is 11.0 Å². The molecule has 0 bridgehead atoms. The molecule has 3 aromatic rings. The van der Waals surface area contributed by atoms with Crippen molar-refractivity contribution in [1.29, 1.82) is 0 Å². The molecule has 0 atom stereocenters. The number of aryl methyl sites for hydroxylation is 1. The summed E-state index contributed by atoms with van der Waals surface area (Å²) in [4.78, 5) is 4.68. The minimum atomic E-state index is 0.539. The summed E-state index contributed by atoms with van der Waals surface area (Å²) in [6.07, 6.45) is 4.14. The van der Waals surface area contributed by atoms with E-state index in [1.165, 1.54) is 0 Å². The average Bonchev–Trinajstić information content (AvgIpc) is 3.08. The Morgan fingerprint density at radius 3 is 2.95 bits per heavy atom. The van der Waals surface area contributed by atoms with Crippen LogP contribution >= 0.6 is 11.6 Å². The monoisotopic (exact) mass is 290 g/mol. The topological polar surface area (TPSA) is 40.2 Å². The van der Waals surface area contributed by atoms with Crippen LogP contribution in [0.2, 0.25) is 0 Å². The van der Waals surface area contributed by atoms with E-state index in [2.05, 4.69) is 9.55 Å². The Bertz CT molecular complexity index is 704.